The van der Waals surface area contributed by atoms with Crippen LogP contribution in [0, 0.1) is 29.1 Å². The lowest BCUT2D eigenvalue weighted by Crippen LogP contribution is -2.46. The number of ether oxygens (including phenoxy) is 1. The molecule has 0 N–H and O–H groups in total. The highest BCUT2D eigenvalue weighted by Gasteiger charge is 2.49. The molecule has 2 unspecified atom stereocenters. The van der Waals surface area contributed by atoms with Crippen LogP contribution in [0.2, 0.25) is 0 Å². The van der Waals surface area contributed by atoms with Crippen LogP contribution in [-0.2, 0) is 4.74 Å². The van der Waals surface area contributed by atoms with Crippen molar-refractivity contribution in [3.05, 3.63) is 42.2 Å². The number of aromatic nitrogens is 2. The Bertz CT molecular complexity index is 926. The Labute approximate surface area is 174 Å². The molecular formula is C25H34N2O2. The summed E-state index contributed by atoms with van der Waals surface area (Å²) < 4.78 is 7.48. The maximum Gasteiger partial charge on any atom is 0.420 e. The van der Waals surface area contributed by atoms with E-state index in [9.17, 15) is 4.79 Å². The van der Waals surface area contributed by atoms with Crippen molar-refractivity contribution in [1.29, 1.82) is 0 Å². The van der Waals surface area contributed by atoms with Crippen LogP contribution in [0.5, 0.6) is 0 Å². The fourth-order valence-corrected chi connectivity index (χ4v) is 6.12. The minimum Gasteiger partial charge on any atom is -0.445 e. The van der Waals surface area contributed by atoms with E-state index in [-0.39, 0.29) is 17.6 Å². The molecule has 1 aromatic carbocycles. The molecular weight excluding hydrogens is 360 g/mol. The number of nitrogens with zero attached hydrogens (tertiary/aromatic N) is 2. The molecule has 2 aliphatic carbocycles. The normalized spacial score (nSPS) is 29.8. The first-order valence-electron chi connectivity index (χ1n) is 11.1. The van der Waals surface area contributed by atoms with Crippen molar-refractivity contribution in [1.82, 2.24) is 9.55 Å². The Morgan fingerprint density at radius 1 is 1.21 bits per heavy atom. The van der Waals surface area contributed by atoms with Crippen molar-refractivity contribution < 1.29 is 9.53 Å². The molecule has 0 saturated heterocycles. The third kappa shape index (κ3) is 3.51. The van der Waals surface area contributed by atoms with Gasteiger partial charge in [0.25, 0.3) is 0 Å². The summed E-state index contributed by atoms with van der Waals surface area (Å²) in [6.45, 7) is 11.9. The quantitative estimate of drug-likeness (QED) is 0.562. The van der Waals surface area contributed by atoms with Crippen LogP contribution in [0.1, 0.15) is 60.3 Å². The predicted octanol–water partition coefficient (Wildman–Crippen LogP) is 6.45. The molecule has 1 saturated carbocycles. The standard InChI is InChI=1S/C25H34N2O2/c1-16(2)20-11-10-18-14-19(12-13-25(18,5)23(20)17(3)4)29-24(28)27-15-26-21-8-6-7-9-22(21)27/h6-10,15-17,19-20,23H,11-14H2,1-5H3/t19-,20?,23?,25-/m0/s1. The van der Waals surface area contributed by atoms with Crippen LogP contribution in [0.3, 0.4) is 0 Å². The van der Waals surface area contributed by atoms with Gasteiger partial charge in [-0.1, -0.05) is 58.4 Å². The van der Waals surface area contributed by atoms with E-state index in [0.29, 0.717) is 17.8 Å². The van der Waals surface area contributed by atoms with Gasteiger partial charge in [0.05, 0.1) is 11.0 Å². The molecule has 156 valence electrons. The lowest BCUT2D eigenvalue weighted by atomic mass is 9.52. The maximum absolute atomic E-state index is 12.8. The van der Waals surface area contributed by atoms with Gasteiger partial charge in [-0.15, -0.1) is 0 Å². The van der Waals surface area contributed by atoms with Gasteiger partial charge in [0.1, 0.15) is 12.4 Å². The summed E-state index contributed by atoms with van der Waals surface area (Å²) in [5.41, 5.74) is 3.35. The third-order valence-corrected chi connectivity index (χ3v) is 7.49. The van der Waals surface area contributed by atoms with Crippen molar-refractivity contribution >= 4 is 17.1 Å². The molecule has 4 nitrogen and oxygen atoms in total. The topological polar surface area (TPSA) is 44.1 Å². The van der Waals surface area contributed by atoms with E-state index in [2.05, 4.69) is 45.7 Å². The van der Waals surface area contributed by atoms with Crippen molar-refractivity contribution in [2.24, 2.45) is 29.1 Å². The molecule has 0 radical (unpaired) electrons. The van der Waals surface area contributed by atoms with E-state index in [4.69, 9.17) is 4.74 Å². The van der Waals surface area contributed by atoms with Crippen LogP contribution in [0.25, 0.3) is 11.0 Å². The largest absolute Gasteiger partial charge is 0.445 e. The van der Waals surface area contributed by atoms with Gasteiger partial charge >= 0.3 is 6.09 Å². The van der Waals surface area contributed by atoms with Crippen LogP contribution in [-0.4, -0.2) is 21.7 Å². The molecule has 1 fully saturated rings. The summed E-state index contributed by atoms with van der Waals surface area (Å²) in [6, 6.07) is 7.67. The molecule has 0 spiro atoms. The summed E-state index contributed by atoms with van der Waals surface area (Å²) in [7, 11) is 0. The van der Waals surface area contributed by atoms with E-state index in [0.717, 1.165) is 42.6 Å². The maximum atomic E-state index is 12.8. The monoisotopic (exact) mass is 394 g/mol. The van der Waals surface area contributed by atoms with Crippen LogP contribution < -0.4 is 0 Å². The first-order valence-corrected chi connectivity index (χ1v) is 11.1. The zero-order valence-corrected chi connectivity index (χ0v) is 18.4. The van der Waals surface area contributed by atoms with Gasteiger partial charge in [0.15, 0.2) is 0 Å². The second-order valence-corrected chi connectivity index (χ2v) is 9.91. The molecule has 4 rings (SSSR count). The molecule has 1 aromatic heterocycles. The Hall–Kier alpha value is -2.10. The number of para-hydroxylation sites is 2. The van der Waals surface area contributed by atoms with Crippen molar-refractivity contribution in [2.45, 2.75) is 66.4 Å². The van der Waals surface area contributed by atoms with E-state index < -0.39 is 0 Å². The van der Waals surface area contributed by atoms with Crippen molar-refractivity contribution in [3.63, 3.8) is 0 Å². The molecule has 0 bridgehead atoms. The smallest absolute Gasteiger partial charge is 0.420 e. The van der Waals surface area contributed by atoms with Crippen molar-refractivity contribution in [2.75, 3.05) is 0 Å². The molecule has 0 aliphatic heterocycles. The fraction of sp³-hybridized carbons (Fsp3) is 0.600. The minimum atomic E-state index is -0.316. The number of hydrogen-bond donors (Lipinski definition) is 0. The Kier molecular flexibility index (Phi) is 5.30. The first-order chi connectivity index (χ1) is 13.8. The molecule has 29 heavy (non-hydrogen) atoms. The lowest BCUT2D eigenvalue weighted by Gasteiger charge is -2.53. The summed E-state index contributed by atoms with van der Waals surface area (Å²) in [4.78, 5) is 17.1. The highest BCUT2D eigenvalue weighted by atomic mass is 16.6. The predicted molar refractivity (Wildman–Crippen MR) is 117 cm³/mol. The zero-order valence-electron chi connectivity index (χ0n) is 18.4. The molecule has 0 amide bonds. The number of benzene rings is 1. The van der Waals surface area contributed by atoms with Gasteiger partial charge in [-0.2, -0.15) is 0 Å². The van der Waals surface area contributed by atoms with Gasteiger partial charge in [0, 0.05) is 6.42 Å². The second-order valence-electron chi connectivity index (χ2n) is 9.91. The summed E-state index contributed by atoms with van der Waals surface area (Å²) in [5.74, 6) is 2.78. The SMILES string of the molecule is CC(C)C1CC=C2C[C@@H](OC(=O)n3cnc4ccccc43)CC[C@]2(C)C1C(C)C. The Balaban J connectivity index is 1.52. The molecule has 4 atom stereocenters. The number of carbonyl (C=O) groups is 1. The number of hydrogen-bond acceptors (Lipinski definition) is 3. The van der Waals surface area contributed by atoms with E-state index >= 15 is 0 Å². The average Bonchev–Trinajstić information content (AvgIpc) is 3.11. The highest BCUT2D eigenvalue weighted by Crippen LogP contribution is 2.56. The van der Waals surface area contributed by atoms with E-state index in [1.54, 1.807) is 6.33 Å². The number of rotatable bonds is 3. The van der Waals surface area contributed by atoms with Gasteiger partial charge in [-0.3, -0.25) is 0 Å². The van der Waals surface area contributed by atoms with Crippen LogP contribution in [0.4, 0.5) is 4.79 Å². The Morgan fingerprint density at radius 3 is 2.69 bits per heavy atom. The molecule has 2 aromatic rings. The van der Waals surface area contributed by atoms with Gasteiger partial charge in [0.2, 0.25) is 0 Å². The van der Waals surface area contributed by atoms with Crippen LogP contribution >= 0.6 is 0 Å². The number of imidazole rings is 1. The van der Waals surface area contributed by atoms with Gasteiger partial charge < -0.3 is 4.74 Å². The average molecular weight is 395 g/mol. The first kappa shape index (κ1) is 20.2. The van der Waals surface area contributed by atoms with Gasteiger partial charge in [-0.25, -0.2) is 14.3 Å². The summed E-state index contributed by atoms with van der Waals surface area (Å²) in [6.07, 6.45) is 7.71. The highest BCUT2D eigenvalue weighted by molar-refractivity contribution is 5.86. The molecule has 1 heterocycles. The van der Waals surface area contributed by atoms with E-state index in [1.165, 1.54) is 10.1 Å². The van der Waals surface area contributed by atoms with Crippen molar-refractivity contribution in [3.8, 4) is 0 Å². The summed E-state index contributed by atoms with van der Waals surface area (Å²) in [5, 5.41) is 0. The lowest BCUT2D eigenvalue weighted by molar-refractivity contribution is 0.00746. The Morgan fingerprint density at radius 2 is 1.97 bits per heavy atom. The molecule has 4 heteroatoms. The third-order valence-electron chi connectivity index (χ3n) is 7.49. The molecule has 2 aliphatic rings. The number of allylic oxidation sites excluding steroid dienone is 1. The van der Waals surface area contributed by atoms with E-state index in [1.807, 2.05) is 24.3 Å². The summed E-state index contributed by atoms with van der Waals surface area (Å²) >= 11 is 0. The van der Waals surface area contributed by atoms with Gasteiger partial charge in [-0.05, 0) is 60.5 Å². The number of fused-ring (bicyclic) bond motifs is 2. The zero-order chi connectivity index (χ0) is 20.8. The fourth-order valence-electron chi connectivity index (χ4n) is 6.12. The second kappa shape index (κ2) is 7.62. The number of carbonyl (C=O) groups excluding carboxylic acids is 1. The minimum absolute atomic E-state index is 0.0496. The van der Waals surface area contributed by atoms with Crippen LogP contribution in [0.15, 0.2) is 42.2 Å².